The average molecular weight is 278 g/mol. The average Bonchev–Trinajstić information content (AvgIpc) is 2.46. The smallest absolute Gasteiger partial charge is 0.103 e. The molecule has 106 valence electrons. The van der Waals surface area contributed by atoms with Crippen molar-refractivity contribution in [1.82, 2.24) is 4.98 Å². The van der Waals surface area contributed by atoms with Crippen molar-refractivity contribution in [2.45, 2.75) is 19.4 Å². The molecule has 0 aliphatic heterocycles. The molecular formula is C18H18N2O. The molecule has 21 heavy (non-hydrogen) atoms. The fourth-order valence-electron chi connectivity index (χ4n) is 2.61. The highest BCUT2D eigenvalue weighted by atomic mass is 16.3. The van der Waals surface area contributed by atoms with E-state index in [1.54, 1.807) is 13.8 Å². The monoisotopic (exact) mass is 278 g/mol. The second-order valence-corrected chi connectivity index (χ2v) is 5.69. The van der Waals surface area contributed by atoms with Crippen LogP contribution < -0.4 is 5.73 Å². The van der Waals surface area contributed by atoms with Gasteiger partial charge in [0.1, 0.15) is 5.60 Å². The van der Waals surface area contributed by atoms with Crippen LogP contribution in [0.15, 0.2) is 54.6 Å². The summed E-state index contributed by atoms with van der Waals surface area (Å²) >= 11 is 0. The third-order valence-corrected chi connectivity index (χ3v) is 3.57. The first-order valence-corrected chi connectivity index (χ1v) is 6.95. The lowest BCUT2D eigenvalue weighted by molar-refractivity contribution is 0.0751. The molecule has 3 aromatic rings. The fourth-order valence-corrected chi connectivity index (χ4v) is 2.61. The SMILES string of the molecule is CC(C)(O)c1nc2ccccc2c(-c2ccccc2)c1N. The van der Waals surface area contributed by atoms with Crippen molar-refractivity contribution >= 4 is 16.6 Å². The predicted molar refractivity (Wildman–Crippen MR) is 86.8 cm³/mol. The highest BCUT2D eigenvalue weighted by Gasteiger charge is 2.24. The lowest BCUT2D eigenvalue weighted by atomic mass is 9.93. The van der Waals surface area contributed by atoms with Crippen molar-refractivity contribution in [3.63, 3.8) is 0 Å². The Bertz CT molecular complexity index is 789. The van der Waals surface area contributed by atoms with E-state index in [0.29, 0.717) is 11.4 Å². The second-order valence-electron chi connectivity index (χ2n) is 5.69. The van der Waals surface area contributed by atoms with E-state index in [9.17, 15) is 5.11 Å². The van der Waals surface area contributed by atoms with Crippen molar-refractivity contribution in [2.75, 3.05) is 5.73 Å². The van der Waals surface area contributed by atoms with E-state index in [4.69, 9.17) is 5.73 Å². The summed E-state index contributed by atoms with van der Waals surface area (Å²) in [7, 11) is 0. The Balaban J connectivity index is 2.43. The van der Waals surface area contributed by atoms with E-state index < -0.39 is 5.60 Å². The second kappa shape index (κ2) is 4.86. The Kier molecular flexibility index (Phi) is 3.15. The van der Waals surface area contributed by atoms with Gasteiger partial charge in [-0.3, -0.25) is 0 Å². The summed E-state index contributed by atoms with van der Waals surface area (Å²) in [5.74, 6) is 0. The molecule has 0 saturated heterocycles. The summed E-state index contributed by atoms with van der Waals surface area (Å²) in [5, 5.41) is 11.4. The van der Waals surface area contributed by atoms with E-state index in [1.807, 2.05) is 54.6 Å². The van der Waals surface area contributed by atoms with Gasteiger partial charge in [0.15, 0.2) is 0 Å². The first-order chi connectivity index (χ1) is 9.98. The number of fused-ring (bicyclic) bond motifs is 1. The number of nitrogens with zero attached hydrogens (tertiary/aromatic N) is 1. The topological polar surface area (TPSA) is 59.1 Å². The Morgan fingerprint density at radius 2 is 1.57 bits per heavy atom. The summed E-state index contributed by atoms with van der Waals surface area (Å²) in [6.45, 7) is 3.41. The van der Waals surface area contributed by atoms with Crippen LogP contribution in [0.2, 0.25) is 0 Å². The zero-order valence-electron chi connectivity index (χ0n) is 12.2. The number of hydrogen-bond donors (Lipinski definition) is 2. The third-order valence-electron chi connectivity index (χ3n) is 3.57. The number of aromatic nitrogens is 1. The van der Waals surface area contributed by atoms with Gasteiger partial charge < -0.3 is 10.8 Å². The number of aliphatic hydroxyl groups is 1. The highest BCUT2D eigenvalue weighted by molar-refractivity contribution is 6.01. The Morgan fingerprint density at radius 3 is 2.24 bits per heavy atom. The van der Waals surface area contributed by atoms with Crippen LogP contribution in [0, 0.1) is 0 Å². The van der Waals surface area contributed by atoms with Gasteiger partial charge in [0.25, 0.3) is 0 Å². The molecule has 3 rings (SSSR count). The molecule has 0 amide bonds. The summed E-state index contributed by atoms with van der Waals surface area (Å²) in [5.41, 5.74) is 9.10. The lowest BCUT2D eigenvalue weighted by Gasteiger charge is -2.22. The molecule has 0 radical (unpaired) electrons. The van der Waals surface area contributed by atoms with Crippen LogP contribution in [-0.2, 0) is 5.60 Å². The number of para-hydroxylation sites is 1. The molecule has 3 heteroatoms. The van der Waals surface area contributed by atoms with Gasteiger partial charge in [0.05, 0.1) is 16.9 Å². The fraction of sp³-hybridized carbons (Fsp3) is 0.167. The molecule has 0 fully saturated rings. The maximum atomic E-state index is 10.4. The van der Waals surface area contributed by atoms with E-state index >= 15 is 0 Å². The number of hydrogen-bond acceptors (Lipinski definition) is 3. The quantitative estimate of drug-likeness (QED) is 0.751. The Hall–Kier alpha value is -2.39. The van der Waals surface area contributed by atoms with Gasteiger partial charge in [0.2, 0.25) is 0 Å². The van der Waals surface area contributed by atoms with Gasteiger partial charge in [-0.2, -0.15) is 0 Å². The number of pyridine rings is 1. The molecule has 0 spiro atoms. The van der Waals surface area contributed by atoms with Crippen LogP contribution in [0.25, 0.3) is 22.0 Å². The zero-order valence-corrected chi connectivity index (χ0v) is 12.2. The predicted octanol–water partition coefficient (Wildman–Crippen LogP) is 3.71. The highest BCUT2D eigenvalue weighted by Crippen LogP contribution is 2.38. The van der Waals surface area contributed by atoms with Crippen LogP contribution in [-0.4, -0.2) is 10.1 Å². The molecule has 0 aliphatic rings. The maximum absolute atomic E-state index is 10.4. The first-order valence-electron chi connectivity index (χ1n) is 6.95. The van der Waals surface area contributed by atoms with Crippen molar-refractivity contribution in [3.05, 3.63) is 60.3 Å². The van der Waals surface area contributed by atoms with Gasteiger partial charge in [-0.05, 0) is 25.5 Å². The zero-order chi connectivity index (χ0) is 15.0. The van der Waals surface area contributed by atoms with Gasteiger partial charge in [-0.25, -0.2) is 4.98 Å². The Morgan fingerprint density at radius 1 is 0.952 bits per heavy atom. The van der Waals surface area contributed by atoms with Crippen LogP contribution in [0.1, 0.15) is 19.5 Å². The molecule has 0 unspecified atom stereocenters. The van der Waals surface area contributed by atoms with Gasteiger partial charge in [-0.15, -0.1) is 0 Å². The van der Waals surface area contributed by atoms with Crippen LogP contribution >= 0.6 is 0 Å². The number of rotatable bonds is 2. The van der Waals surface area contributed by atoms with Gasteiger partial charge >= 0.3 is 0 Å². The standard InChI is InChI=1S/C18H18N2O/c1-18(2,21)17-16(19)15(12-8-4-3-5-9-12)13-10-6-7-11-14(13)20-17/h3-11,21H,19H2,1-2H3. The van der Waals surface area contributed by atoms with E-state index in [1.165, 1.54) is 0 Å². The normalized spacial score (nSPS) is 11.8. The minimum absolute atomic E-state index is 0.514. The summed E-state index contributed by atoms with van der Waals surface area (Å²) < 4.78 is 0. The molecule has 3 N–H and O–H groups in total. The molecule has 0 bridgehead atoms. The van der Waals surface area contributed by atoms with Crippen molar-refractivity contribution in [2.24, 2.45) is 0 Å². The molecule has 0 aliphatic carbocycles. The Labute approximate surface area is 124 Å². The molecule has 2 aromatic carbocycles. The summed E-state index contributed by atoms with van der Waals surface area (Å²) in [6.07, 6.45) is 0. The minimum Gasteiger partial charge on any atom is -0.397 e. The molecule has 1 aromatic heterocycles. The number of nitrogen functional groups attached to an aromatic ring is 1. The van der Waals surface area contributed by atoms with E-state index in [-0.39, 0.29) is 0 Å². The van der Waals surface area contributed by atoms with E-state index in [2.05, 4.69) is 4.98 Å². The van der Waals surface area contributed by atoms with E-state index in [0.717, 1.165) is 22.0 Å². The molecule has 0 saturated carbocycles. The number of anilines is 1. The van der Waals surface area contributed by atoms with Crippen LogP contribution in [0.4, 0.5) is 5.69 Å². The molecule has 1 heterocycles. The van der Waals surface area contributed by atoms with Crippen molar-refractivity contribution in [3.8, 4) is 11.1 Å². The van der Waals surface area contributed by atoms with Crippen molar-refractivity contribution < 1.29 is 5.11 Å². The first kappa shape index (κ1) is 13.6. The lowest BCUT2D eigenvalue weighted by Crippen LogP contribution is -2.20. The molecular weight excluding hydrogens is 260 g/mol. The van der Waals surface area contributed by atoms with Crippen LogP contribution in [0.5, 0.6) is 0 Å². The van der Waals surface area contributed by atoms with Crippen molar-refractivity contribution in [1.29, 1.82) is 0 Å². The largest absolute Gasteiger partial charge is 0.397 e. The van der Waals surface area contributed by atoms with Gasteiger partial charge in [-0.1, -0.05) is 48.5 Å². The van der Waals surface area contributed by atoms with Crippen LogP contribution in [0.3, 0.4) is 0 Å². The van der Waals surface area contributed by atoms with Gasteiger partial charge in [0, 0.05) is 10.9 Å². The summed E-state index contributed by atoms with van der Waals surface area (Å²) in [4.78, 5) is 4.56. The third kappa shape index (κ3) is 2.36. The molecule has 0 atom stereocenters. The maximum Gasteiger partial charge on any atom is 0.103 e. The summed E-state index contributed by atoms with van der Waals surface area (Å²) in [6, 6.07) is 17.8. The molecule has 3 nitrogen and oxygen atoms in total. The number of benzene rings is 2. The number of nitrogens with two attached hydrogens (primary N) is 1. The minimum atomic E-state index is -1.09.